The Morgan fingerprint density at radius 3 is 2.65 bits per heavy atom. The summed E-state index contributed by atoms with van der Waals surface area (Å²) in [7, 11) is 1.82. The number of piperidine rings is 1. The maximum absolute atomic E-state index is 5.24. The molecule has 1 rings (SSSR count). The highest BCUT2D eigenvalue weighted by Gasteiger charge is 2.22. The topological polar surface area (TPSA) is 24.5 Å². The number of rotatable bonds is 8. The van der Waals surface area contributed by atoms with Crippen LogP contribution in [0.3, 0.4) is 0 Å². The predicted octanol–water partition coefficient (Wildman–Crippen LogP) is 2.12. The molecule has 1 N–H and O–H groups in total. The third kappa shape index (κ3) is 5.84. The van der Waals surface area contributed by atoms with Crippen LogP contribution in [0.25, 0.3) is 0 Å². The van der Waals surface area contributed by atoms with Crippen molar-refractivity contribution in [3.63, 3.8) is 0 Å². The standard InChI is InChI=1S/C14H30N2O/c1-4-15-9-5-6-13(2)16-10-7-14(8-11-16)12-17-3/h13-15H,4-12H2,1-3H3. The second kappa shape index (κ2) is 8.90. The van der Waals surface area contributed by atoms with Crippen LogP contribution >= 0.6 is 0 Å². The van der Waals surface area contributed by atoms with Crippen molar-refractivity contribution in [2.75, 3.05) is 39.9 Å². The molecule has 17 heavy (non-hydrogen) atoms. The highest BCUT2D eigenvalue weighted by Crippen LogP contribution is 2.20. The number of nitrogens with zero attached hydrogens (tertiary/aromatic N) is 1. The van der Waals surface area contributed by atoms with Crippen molar-refractivity contribution >= 4 is 0 Å². The van der Waals surface area contributed by atoms with Crippen molar-refractivity contribution in [1.29, 1.82) is 0 Å². The summed E-state index contributed by atoms with van der Waals surface area (Å²) in [6, 6.07) is 0.747. The maximum atomic E-state index is 5.24. The van der Waals surface area contributed by atoms with Gasteiger partial charge in [-0.25, -0.2) is 0 Å². The number of nitrogens with one attached hydrogen (secondary N) is 1. The van der Waals surface area contributed by atoms with Crippen LogP contribution in [0.1, 0.15) is 39.5 Å². The molecule has 1 aliphatic rings. The Hall–Kier alpha value is -0.120. The zero-order chi connectivity index (χ0) is 12.5. The number of hydrogen-bond acceptors (Lipinski definition) is 3. The van der Waals surface area contributed by atoms with E-state index in [2.05, 4.69) is 24.1 Å². The average molecular weight is 242 g/mol. The van der Waals surface area contributed by atoms with Crippen LogP contribution in [0.4, 0.5) is 0 Å². The first-order chi connectivity index (χ1) is 8.27. The van der Waals surface area contributed by atoms with Gasteiger partial charge in [0.25, 0.3) is 0 Å². The van der Waals surface area contributed by atoms with E-state index < -0.39 is 0 Å². The second-order valence-corrected chi connectivity index (χ2v) is 5.28. The second-order valence-electron chi connectivity index (χ2n) is 5.28. The van der Waals surface area contributed by atoms with E-state index in [-0.39, 0.29) is 0 Å². The zero-order valence-electron chi connectivity index (χ0n) is 11.9. The van der Waals surface area contributed by atoms with Crippen molar-refractivity contribution < 1.29 is 4.74 Å². The molecule has 3 nitrogen and oxygen atoms in total. The van der Waals surface area contributed by atoms with Gasteiger partial charge in [0.1, 0.15) is 0 Å². The number of methoxy groups -OCH3 is 1. The van der Waals surface area contributed by atoms with Crippen LogP contribution < -0.4 is 5.32 Å². The molecule has 3 heteroatoms. The van der Waals surface area contributed by atoms with Crippen molar-refractivity contribution in [2.24, 2.45) is 5.92 Å². The fraction of sp³-hybridized carbons (Fsp3) is 1.00. The third-order valence-corrected chi connectivity index (χ3v) is 3.90. The fourth-order valence-electron chi connectivity index (χ4n) is 2.68. The summed E-state index contributed by atoms with van der Waals surface area (Å²) in [4.78, 5) is 2.65. The Bertz CT molecular complexity index is 179. The first-order valence-electron chi connectivity index (χ1n) is 7.21. The SMILES string of the molecule is CCNCCCC(C)N1CCC(COC)CC1. The lowest BCUT2D eigenvalue weighted by Gasteiger charge is -2.36. The molecule has 0 spiro atoms. The van der Waals surface area contributed by atoms with Gasteiger partial charge in [-0.3, -0.25) is 0 Å². The van der Waals surface area contributed by atoms with Crippen LogP contribution in [0, 0.1) is 5.92 Å². The van der Waals surface area contributed by atoms with Gasteiger partial charge >= 0.3 is 0 Å². The maximum Gasteiger partial charge on any atom is 0.0491 e. The van der Waals surface area contributed by atoms with Crippen molar-refractivity contribution in [3.8, 4) is 0 Å². The Morgan fingerprint density at radius 1 is 1.35 bits per heavy atom. The molecule has 1 saturated heterocycles. The molecule has 102 valence electrons. The quantitative estimate of drug-likeness (QED) is 0.660. The van der Waals surface area contributed by atoms with Crippen LogP contribution in [0.15, 0.2) is 0 Å². The van der Waals surface area contributed by atoms with Crippen molar-refractivity contribution in [2.45, 2.75) is 45.6 Å². The molecular weight excluding hydrogens is 212 g/mol. The molecule has 1 aliphatic heterocycles. The lowest BCUT2D eigenvalue weighted by Crippen LogP contribution is -2.41. The number of hydrogen-bond donors (Lipinski definition) is 1. The average Bonchev–Trinajstić information content (AvgIpc) is 2.36. The van der Waals surface area contributed by atoms with E-state index in [1.165, 1.54) is 45.3 Å². The zero-order valence-corrected chi connectivity index (χ0v) is 11.9. The van der Waals surface area contributed by atoms with E-state index in [9.17, 15) is 0 Å². The predicted molar refractivity (Wildman–Crippen MR) is 73.4 cm³/mol. The van der Waals surface area contributed by atoms with Crippen LogP contribution in [-0.4, -0.2) is 50.8 Å². The lowest BCUT2D eigenvalue weighted by molar-refractivity contribution is 0.0809. The van der Waals surface area contributed by atoms with Crippen LogP contribution in [0.5, 0.6) is 0 Å². The summed E-state index contributed by atoms with van der Waals surface area (Å²) in [6.45, 7) is 10.3. The Balaban J connectivity index is 2.10. The molecule has 0 aromatic heterocycles. The fourth-order valence-corrected chi connectivity index (χ4v) is 2.68. The van der Waals surface area contributed by atoms with Gasteiger partial charge in [-0.1, -0.05) is 6.92 Å². The molecule has 0 saturated carbocycles. The highest BCUT2D eigenvalue weighted by atomic mass is 16.5. The highest BCUT2D eigenvalue weighted by molar-refractivity contribution is 4.76. The minimum Gasteiger partial charge on any atom is -0.384 e. The molecular formula is C14H30N2O. The number of ether oxygens (including phenoxy) is 1. The van der Waals surface area contributed by atoms with Gasteiger partial charge in [-0.2, -0.15) is 0 Å². The van der Waals surface area contributed by atoms with E-state index in [4.69, 9.17) is 4.74 Å². The number of likely N-dealkylation sites (tertiary alicyclic amines) is 1. The smallest absolute Gasteiger partial charge is 0.0491 e. The van der Waals surface area contributed by atoms with Crippen LogP contribution in [0.2, 0.25) is 0 Å². The Morgan fingerprint density at radius 2 is 2.06 bits per heavy atom. The lowest BCUT2D eigenvalue weighted by atomic mass is 9.96. The van der Waals surface area contributed by atoms with E-state index in [0.29, 0.717) is 0 Å². The molecule has 1 unspecified atom stereocenters. The van der Waals surface area contributed by atoms with Gasteiger partial charge in [-0.05, 0) is 64.7 Å². The summed E-state index contributed by atoms with van der Waals surface area (Å²) in [5, 5.41) is 3.40. The van der Waals surface area contributed by atoms with Gasteiger partial charge < -0.3 is 15.0 Å². The van der Waals surface area contributed by atoms with E-state index >= 15 is 0 Å². The van der Waals surface area contributed by atoms with Crippen molar-refractivity contribution in [3.05, 3.63) is 0 Å². The van der Waals surface area contributed by atoms with Gasteiger partial charge in [0.15, 0.2) is 0 Å². The summed E-state index contributed by atoms with van der Waals surface area (Å²) < 4.78 is 5.24. The van der Waals surface area contributed by atoms with E-state index in [1.807, 2.05) is 7.11 Å². The third-order valence-electron chi connectivity index (χ3n) is 3.90. The van der Waals surface area contributed by atoms with Crippen molar-refractivity contribution in [1.82, 2.24) is 10.2 Å². The Kier molecular flexibility index (Phi) is 7.82. The molecule has 0 aromatic carbocycles. The summed E-state index contributed by atoms with van der Waals surface area (Å²) in [5.41, 5.74) is 0. The van der Waals surface area contributed by atoms with E-state index in [0.717, 1.165) is 25.1 Å². The summed E-state index contributed by atoms with van der Waals surface area (Å²) in [5.74, 6) is 0.796. The monoisotopic (exact) mass is 242 g/mol. The first-order valence-corrected chi connectivity index (χ1v) is 7.21. The molecule has 1 atom stereocenters. The normalized spacial score (nSPS) is 20.6. The summed E-state index contributed by atoms with van der Waals surface area (Å²) in [6.07, 6.45) is 5.24. The minimum absolute atomic E-state index is 0.747. The molecule has 1 fully saturated rings. The van der Waals surface area contributed by atoms with Gasteiger partial charge in [-0.15, -0.1) is 0 Å². The van der Waals surface area contributed by atoms with Gasteiger partial charge in [0.05, 0.1) is 0 Å². The molecule has 0 aliphatic carbocycles. The van der Waals surface area contributed by atoms with E-state index in [1.54, 1.807) is 0 Å². The molecule has 0 aromatic rings. The minimum atomic E-state index is 0.747. The first kappa shape index (κ1) is 14.9. The molecule has 0 amide bonds. The largest absolute Gasteiger partial charge is 0.384 e. The molecule has 1 heterocycles. The summed E-state index contributed by atoms with van der Waals surface area (Å²) >= 11 is 0. The molecule has 0 bridgehead atoms. The van der Waals surface area contributed by atoms with Crippen LogP contribution in [-0.2, 0) is 4.74 Å². The van der Waals surface area contributed by atoms with Gasteiger partial charge in [0, 0.05) is 19.8 Å². The Labute approximate surface area is 107 Å². The molecule has 0 radical (unpaired) electrons. The van der Waals surface area contributed by atoms with Gasteiger partial charge in [0.2, 0.25) is 0 Å².